The third kappa shape index (κ3) is 6.28. The van der Waals surface area contributed by atoms with Crippen LogP contribution in [0, 0.1) is 6.92 Å². The highest BCUT2D eigenvalue weighted by Crippen LogP contribution is 2.44. The SMILES string of the molecule is Cc1cc(CN(C(=O)OCC2c3ccccc3-c3ccccc32)[C@@H]2CCOC[C@@H]2NC(=O)OC(C)(C)C)oc1C(=O)O. The smallest absolute Gasteiger partial charge is 0.410 e. The maximum absolute atomic E-state index is 13.9. The number of ether oxygens (including phenoxy) is 3. The number of carbonyl (C=O) groups is 3. The number of rotatable bonds is 7. The van der Waals surface area contributed by atoms with E-state index < -0.39 is 35.8 Å². The van der Waals surface area contributed by atoms with E-state index >= 15 is 0 Å². The van der Waals surface area contributed by atoms with Crippen LogP contribution in [0.3, 0.4) is 0 Å². The van der Waals surface area contributed by atoms with Gasteiger partial charge >= 0.3 is 18.2 Å². The van der Waals surface area contributed by atoms with Crippen molar-refractivity contribution in [3.05, 3.63) is 82.8 Å². The van der Waals surface area contributed by atoms with E-state index in [0.29, 0.717) is 24.4 Å². The minimum absolute atomic E-state index is 0.0536. The fraction of sp³-hybridized carbons (Fsp3) is 0.406. The van der Waals surface area contributed by atoms with E-state index in [1.807, 2.05) is 36.4 Å². The summed E-state index contributed by atoms with van der Waals surface area (Å²) in [7, 11) is 0. The molecule has 1 aliphatic carbocycles. The van der Waals surface area contributed by atoms with Crippen molar-refractivity contribution in [2.75, 3.05) is 19.8 Å². The Bertz CT molecular complexity index is 1430. The van der Waals surface area contributed by atoms with Crippen molar-refractivity contribution in [1.82, 2.24) is 10.2 Å². The molecule has 2 atom stereocenters. The van der Waals surface area contributed by atoms with Gasteiger partial charge in [-0.3, -0.25) is 4.90 Å². The monoisotopic (exact) mass is 576 g/mol. The van der Waals surface area contributed by atoms with Crippen molar-refractivity contribution < 1.29 is 38.1 Å². The van der Waals surface area contributed by atoms with Gasteiger partial charge in [-0.1, -0.05) is 48.5 Å². The van der Waals surface area contributed by atoms with Crippen molar-refractivity contribution in [3.8, 4) is 11.1 Å². The number of furan rings is 1. The normalized spacial score (nSPS) is 18.1. The van der Waals surface area contributed by atoms with Crippen LogP contribution in [-0.2, 0) is 20.8 Å². The van der Waals surface area contributed by atoms with Crippen molar-refractivity contribution in [2.24, 2.45) is 0 Å². The molecule has 2 heterocycles. The largest absolute Gasteiger partial charge is 0.475 e. The first-order valence-corrected chi connectivity index (χ1v) is 14.0. The molecule has 10 heteroatoms. The second kappa shape index (κ2) is 11.9. The van der Waals surface area contributed by atoms with Crippen molar-refractivity contribution in [1.29, 1.82) is 0 Å². The fourth-order valence-electron chi connectivity index (χ4n) is 5.70. The number of carboxylic acid groups (broad SMARTS) is 1. The molecule has 1 saturated heterocycles. The first-order chi connectivity index (χ1) is 20.0. The highest BCUT2D eigenvalue weighted by molar-refractivity contribution is 5.86. The lowest BCUT2D eigenvalue weighted by Crippen LogP contribution is -2.58. The summed E-state index contributed by atoms with van der Waals surface area (Å²) >= 11 is 0. The third-order valence-electron chi connectivity index (χ3n) is 7.48. The Morgan fingerprint density at radius 2 is 1.69 bits per heavy atom. The van der Waals surface area contributed by atoms with Crippen molar-refractivity contribution >= 4 is 18.2 Å². The number of aromatic carboxylic acids is 1. The number of benzene rings is 2. The zero-order valence-electron chi connectivity index (χ0n) is 24.2. The maximum Gasteiger partial charge on any atom is 0.410 e. The molecule has 1 aromatic heterocycles. The third-order valence-corrected chi connectivity index (χ3v) is 7.48. The van der Waals surface area contributed by atoms with Gasteiger partial charge in [0.25, 0.3) is 0 Å². The standard InChI is InChI=1S/C32H36N2O8/c1-19-15-20(41-28(19)29(35)36)16-34(27-13-14-39-18-26(27)33-30(37)42-32(2,3)4)31(38)40-17-25-23-11-7-5-9-21(23)22-10-6-8-12-24(22)25/h5-12,15,25-27H,13-14,16-18H2,1-4H3,(H,33,37)(H,35,36)/t26-,27+/m0/s1. The molecule has 1 fully saturated rings. The van der Waals surface area contributed by atoms with E-state index in [2.05, 4.69) is 17.4 Å². The van der Waals surface area contributed by atoms with Crippen LogP contribution < -0.4 is 5.32 Å². The molecule has 2 aromatic carbocycles. The van der Waals surface area contributed by atoms with Crippen LogP contribution in [0.4, 0.5) is 9.59 Å². The molecule has 10 nitrogen and oxygen atoms in total. The second-order valence-electron chi connectivity index (χ2n) is 11.6. The molecule has 5 rings (SSSR count). The summed E-state index contributed by atoms with van der Waals surface area (Å²) in [5.41, 5.74) is 4.14. The van der Waals surface area contributed by atoms with Crippen LogP contribution in [0.1, 0.15) is 66.1 Å². The Labute approximate surface area is 244 Å². The molecule has 0 unspecified atom stereocenters. The summed E-state index contributed by atoms with van der Waals surface area (Å²) < 4.78 is 22.7. The average Bonchev–Trinajstić information content (AvgIpc) is 3.47. The molecule has 2 aliphatic rings. The second-order valence-corrected chi connectivity index (χ2v) is 11.6. The first kappa shape index (κ1) is 29.2. The Morgan fingerprint density at radius 1 is 1.05 bits per heavy atom. The van der Waals surface area contributed by atoms with Gasteiger partial charge in [0.15, 0.2) is 0 Å². The lowest BCUT2D eigenvalue weighted by Gasteiger charge is -2.39. The predicted molar refractivity (Wildman–Crippen MR) is 153 cm³/mol. The minimum Gasteiger partial charge on any atom is -0.475 e. The zero-order chi connectivity index (χ0) is 30.0. The number of fused-ring (bicyclic) bond motifs is 3. The number of nitrogens with one attached hydrogen (secondary N) is 1. The van der Waals surface area contributed by atoms with Gasteiger partial charge in [0.1, 0.15) is 18.0 Å². The zero-order valence-corrected chi connectivity index (χ0v) is 24.2. The molecule has 0 radical (unpaired) electrons. The number of alkyl carbamates (subject to hydrolysis) is 1. The molecular formula is C32H36N2O8. The van der Waals surface area contributed by atoms with Crippen molar-refractivity contribution in [3.63, 3.8) is 0 Å². The predicted octanol–water partition coefficient (Wildman–Crippen LogP) is 5.72. The summed E-state index contributed by atoms with van der Waals surface area (Å²) in [6.07, 6.45) is -0.820. The van der Waals surface area contributed by atoms with Gasteiger partial charge in [-0.2, -0.15) is 0 Å². The lowest BCUT2D eigenvalue weighted by atomic mass is 9.98. The van der Waals surface area contributed by atoms with E-state index in [-0.39, 0.29) is 31.4 Å². The summed E-state index contributed by atoms with van der Waals surface area (Å²) in [4.78, 5) is 39.7. The van der Waals surface area contributed by atoms with E-state index in [9.17, 15) is 19.5 Å². The number of amides is 2. The number of hydrogen-bond donors (Lipinski definition) is 2. The van der Waals surface area contributed by atoms with Crippen LogP contribution in [0.25, 0.3) is 11.1 Å². The van der Waals surface area contributed by atoms with Crippen LogP contribution in [0.2, 0.25) is 0 Å². The number of hydrogen-bond acceptors (Lipinski definition) is 7. The molecule has 42 heavy (non-hydrogen) atoms. The number of nitrogens with zero attached hydrogens (tertiary/aromatic N) is 1. The molecule has 0 spiro atoms. The molecule has 2 amide bonds. The van der Waals surface area contributed by atoms with Crippen LogP contribution in [0.5, 0.6) is 0 Å². The Kier molecular flexibility index (Phi) is 8.27. The van der Waals surface area contributed by atoms with Gasteiger partial charge in [-0.05, 0) is 62.4 Å². The van der Waals surface area contributed by atoms with Crippen LogP contribution in [0.15, 0.2) is 59.0 Å². The molecular weight excluding hydrogens is 540 g/mol. The number of aryl methyl sites for hydroxylation is 1. The van der Waals surface area contributed by atoms with Gasteiger partial charge in [-0.25, -0.2) is 14.4 Å². The highest BCUT2D eigenvalue weighted by atomic mass is 16.6. The topological polar surface area (TPSA) is 128 Å². The lowest BCUT2D eigenvalue weighted by molar-refractivity contribution is -0.00851. The summed E-state index contributed by atoms with van der Waals surface area (Å²) in [5.74, 6) is -1.23. The van der Waals surface area contributed by atoms with Gasteiger partial charge in [-0.15, -0.1) is 0 Å². The molecule has 0 saturated carbocycles. The highest BCUT2D eigenvalue weighted by Gasteiger charge is 2.38. The fourth-order valence-corrected chi connectivity index (χ4v) is 5.70. The van der Waals surface area contributed by atoms with E-state index in [1.54, 1.807) is 33.8 Å². The van der Waals surface area contributed by atoms with Gasteiger partial charge < -0.3 is 29.1 Å². The molecule has 1 aliphatic heterocycles. The summed E-state index contributed by atoms with van der Waals surface area (Å²) in [6.45, 7) is 7.51. The molecule has 3 aromatic rings. The van der Waals surface area contributed by atoms with Crippen LogP contribution in [-0.4, -0.2) is 65.7 Å². The molecule has 0 bridgehead atoms. The Hall–Kier alpha value is -4.31. The van der Waals surface area contributed by atoms with Crippen molar-refractivity contribution in [2.45, 2.75) is 64.3 Å². The number of carbonyl (C=O) groups excluding carboxylic acids is 2. The van der Waals surface area contributed by atoms with Crippen LogP contribution >= 0.6 is 0 Å². The van der Waals surface area contributed by atoms with E-state index in [0.717, 1.165) is 22.3 Å². The van der Waals surface area contributed by atoms with Gasteiger partial charge in [0.2, 0.25) is 5.76 Å². The van der Waals surface area contributed by atoms with Gasteiger partial charge in [0, 0.05) is 18.1 Å². The van der Waals surface area contributed by atoms with E-state index in [4.69, 9.17) is 18.6 Å². The minimum atomic E-state index is -1.19. The van der Waals surface area contributed by atoms with Gasteiger partial charge in [0.05, 0.1) is 25.2 Å². The first-order valence-electron chi connectivity index (χ1n) is 14.0. The molecule has 2 N–H and O–H groups in total. The maximum atomic E-state index is 13.9. The number of carboxylic acids is 1. The molecule has 222 valence electrons. The quantitative estimate of drug-likeness (QED) is 0.366. The Morgan fingerprint density at radius 3 is 2.29 bits per heavy atom. The van der Waals surface area contributed by atoms with E-state index in [1.165, 1.54) is 4.90 Å². The summed E-state index contributed by atoms with van der Waals surface area (Å²) in [6, 6.07) is 16.6. The Balaban J connectivity index is 1.40. The average molecular weight is 577 g/mol. The summed E-state index contributed by atoms with van der Waals surface area (Å²) in [5, 5.41) is 12.3.